The molecule has 1 N–H and O–H groups in total. The van der Waals surface area contributed by atoms with Gasteiger partial charge in [-0.15, -0.1) is 0 Å². The number of sulfone groups is 1. The number of carboxylic acid groups (broad SMARTS) is 1. The Morgan fingerprint density at radius 2 is 1.75 bits per heavy atom. The summed E-state index contributed by atoms with van der Waals surface area (Å²) < 4.78 is 45.7. The molecule has 0 spiro atoms. The van der Waals surface area contributed by atoms with Crippen LogP contribution in [-0.2, 0) is 30.4 Å². The zero-order valence-corrected chi connectivity index (χ0v) is 19.3. The van der Waals surface area contributed by atoms with Gasteiger partial charge in [0.05, 0.1) is 22.5 Å². The molecule has 0 radical (unpaired) electrons. The lowest BCUT2D eigenvalue weighted by Crippen LogP contribution is -2.46. The summed E-state index contributed by atoms with van der Waals surface area (Å²) in [5.41, 5.74) is -0.339. The molecule has 2 saturated carbocycles. The second-order valence-corrected chi connectivity index (χ2v) is 11.4. The highest BCUT2D eigenvalue weighted by Gasteiger charge is 2.50. The summed E-state index contributed by atoms with van der Waals surface area (Å²) in [6.45, 7) is 2.14. The summed E-state index contributed by atoms with van der Waals surface area (Å²) in [5.74, 6) is -1.02. The van der Waals surface area contributed by atoms with E-state index in [0.29, 0.717) is 49.3 Å². The van der Waals surface area contributed by atoms with E-state index < -0.39 is 32.6 Å². The van der Waals surface area contributed by atoms with Crippen molar-refractivity contribution >= 4 is 15.8 Å². The number of hydrogen-bond donors (Lipinski definition) is 1. The minimum Gasteiger partial charge on any atom is -0.481 e. The molecule has 0 saturated heterocycles. The highest BCUT2D eigenvalue weighted by Crippen LogP contribution is 2.51. The van der Waals surface area contributed by atoms with Gasteiger partial charge in [-0.3, -0.25) is 4.79 Å². The summed E-state index contributed by atoms with van der Waals surface area (Å²) in [6, 6.07) is 11.8. The van der Waals surface area contributed by atoms with Crippen molar-refractivity contribution in [2.75, 3.05) is 12.9 Å². The quantitative estimate of drug-likeness (QED) is 0.645. The van der Waals surface area contributed by atoms with Crippen molar-refractivity contribution in [3.8, 4) is 0 Å². The fourth-order valence-corrected chi connectivity index (χ4v) is 5.51. The molecule has 7 heteroatoms. The van der Waals surface area contributed by atoms with E-state index in [1.165, 1.54) is 6.07 Å². The molecule has 0 aliphatic heterocycles. The Hall–Kier alpha value is -2.25. The van der Waals surface area contributed by atoms with E-state index in [2.05, 4.69) is 0 Å². The zero-order valence-electron chi connectivity index (χ0n) is 18.4. The molecule has 32 heavy (non-hydrogen) atoms. The van der Waals surface area contributed by atoms with Crippen LogP contribution in [0.2, 0.25) is 0 Å². The van der Waals surface area contributed by atoms with Crippen LogP contribution in [-0.4, -0.2) is 32.4 Å². The van der Waals surface area contributed by atoms with Crippen LogP contribution in [0, 0.1) is 18.7 Å². The maximum absolute atomic E-state index is 14.8. The van der Waals surface area contributed by atoms with Crippen LogP contribution < -0.4 is 0 Å². The molecule has 0 amide bonds. The Morgan fingerprint density at radius 3 is 2.28 bits per heavy atom. The first-order chi connectivity index (χ1) is 15.1. The molecule has 2 aromatic carbocycles. The maximum atomic E-state index is 14.8. The second-order valence-electron chi connectivity index (χ2n) is 9.35. The molecule has 172 valence electrons. The number of halogens is 1. The molecule has 4 rings (SSSR count). The van der Waals surface area contributed by atoms with Crippen molar-refractivity contribution in [3.05, 3.63) is 65.0 Å². The van der Waals surface area contributed by atoms with E-state index in [9.17, 15) is 22.7 Å². The average molecular weight is 461 g/mol. The number of ether oxygens (including phenoxy) is 1. The monoisotopic (exact) mass is 460 g/mol. The fourth-order valence-electron chi connectivity index (χ4n) is 4.86. The fraction of sp³-hybridized carbons (Fsp3) is 0.480. The van der Waals surface area contributed by atoms with Gasteiger partial charge in [0.15, 0.2) is 9.84 Å². The van der Waals surface area contributed by atoms with Crippen molar-refractivity contribution in [1.82, 2.24) is 0 Å². The summed E-state index contributed by atoms with van der Waals surface area (Å²) in [6.07, 6.45) is 4.60. The van der Waals surface area contributed by atoms with E-state index in [1.54, 1.807) is 6.92 Å². The first-order valence-electron chi connectivity index (χ1n) is 11.0. The van der Waals surface area contributed by atoms with E-state index in [4.69, 9.17) is 4.74 Å². The maximum Gasteiger partial charge on any atom is 0.314 e. The van der Waals surface area contributed by atoms with Crippen molar-refractivity contribution in [1.29, 1.82) is 0 Å². The van der Waals surface area contributed by atoms with Gasteiger partial charge in [-0.05, 0) is 80.2 Å². The summed E-state index contributed by atoms with van der Waals surface area (Å²) in [4.78, 5) is 12.3. The van der Waals surface area contributed by atoms with E-state index in [-0.39, 0.29) is 4.90 Å². The molecular formula is C25H29FO5S. The number of rotatable bonds is 7. The molecule has 0 heterocycles. The minimum atomic E-state index is -3.62. The largest absolute Gasteiger partial charge is 0.481 e. The van der Waals surface area contributed by atoms with Gasteiger partial charge in [0.25, 0.3) is 0 Å². The Balaban J connectivity index is 1.77. The molecule has 2 fully saturated rings. The molecule has 0 bridgehead atoms. The zero-order chi connectivity index (χ0) is 23.1. The Bertz CT molecular complexity index is 1110. The molecule has 2 aromatic rings. The Kier molecular flexibility index (Phi) is 5.92. The van der Waals surface area contributed by atoms with Gasteiger partial charge in [0.2, 0.25) is 0 Å². The molecule has 2 aliphatic carbocycles. The molecule has 0 aromatic heterocycles. The van der Waals surface area contributed by atoms with Gasteiger partial charge in [-0.25, -0.2) is 12.8 Å². The summed E-state index contributed by atoms with van der Waals surface area (Å²) in [5, 5.41) is 10.2. The van der Waals surface area contributed by atoms with Crippen molar-refractivity contribution in [2.24, 2.45) is 5.92 Å². The molecule has 0 atom stereocenters. The molecule has 0 unspecified atom stereocenters. The molecule has 5 nitrogen and oxygen atoms in total. The third kappa shape index (κ3) is 4.20. The van der Waals surface area contributed by atoms with Crippen LogP contribution in [0.3, 0.4) is 0 Å². The van der Waals surface area contributed by atoms with Crippen LogP contribution >= 0.6 is 0 Å². The van der Waals surface area contributed by atoms with Gasteiger partial charge in [-0.1, -0.05) is 30.3 Å². The van der Waals surface area contributed by atoms with E-state index in [0.717, 1.165) is 30.7 Å². The van der Waals surface area contributed by atoms with E-state index in [1.807, 2.05) is 30.3 Å². The highest BCUT2D eigenvalue weighted by atomic mass is 32.2. The van der Waals surface area contributed by atoms with E-state index >= 15 is 0 Å². The van der Waals surface area contributed by atoms with Gasteiger partial charge in [-0.2, -0.15) is 0 Å². The standard InChI is InChI=1S/C25H29FO5S/c1-17-21(14-20(15-22(17)26)32(2,29)30)25(31-16-18-8-9-18)12-10-24(11-13-25,23(27)28)19-6-4-3-5-7-19/h3-7,14-15,18H,8-13,16H2,1-2H3,(H,27,28)/t24-,25+. The number of carboxylic acids is 1. The number of benzene rings is 2. The lowest BCUT2D eigenvalue weighted by atomic mass is 9.63. The Labute approximate surface area is 188 Å². The lowest BCUT2D eigenvalue weighted by Gasteiger charge is -2.45. The smallest absolute Gasteiger partial charge is 0.314 e. The highest BCUT2D eigenvalue weighted by molar-refractivity contribution is 7.90. The number of carbonyl (C=O) groups is 1. The Morgan fingerprint density at radius 1 is 1.12 bits per heavy atom. The number of aliphatic carboxylic acids is 1. The normalized spacial score (nSPS) is 26.1. The van der Waals surface area contributed by atoms with Gasteiger partial charge < -0.3 is 9.84 Å². The summed E-state index contributed by atoms with van der Waals surface area (Å²) in [7, 11) is -3.62. The third-order valence-electron chi connectivity index (χ3n) is 7.18. The number of hydrogen-bond acceptors (Lipinski definition) is 4. The van der Waals surface area contributed by atoms with Crippen LogP contribution in [0.1, 0.15) is 55.2 Å². The second kappa shape index (κ2) is 8.27. The van der Waals surface area contributed by atoms with Gasteiger partial charge >= 0.3 is 5.97 Å². The van der Waals surface area contributed by atoms with Crippen LogP contribution in [0.25, 0.3) is 0 Å². The molecular weight excluding hydrogens is 431 g/mol. The van der Waals surface area contributed by atoms with Gasteiger partial charge in [0, 0.05) is 6.26 Å². The molecule has 2 aliphatic rings. The SMILES string of the molecule is Cc1c(F)cc(S(C)(=O)=O)cc1[C@]1(OCC2CC2)CC[C@](C(=O)O)(c2ccccc2)CC1. The van der Waals surface area contributed by atoms with Crippen LogP contribution in [0.5, 0.6) is 0 Å². The predicted octanol–water partition coefficient (Wildman–Crippen LogP) is 4.76. The van der Waals surface area contributed by atoms with Crippen molar-refractivity contribution in [2.45, 2.75) is 61.4 Å². The first kappa shape index (κ1) is 22.9. The van der Waals surface area contributed by atoms with Crippen molar-refractivity contribution < 1.29 is 27.4 Å². The summed E-state index contributed by atoms with van der Waals surface area (Å²) >= 11 is 0. The minimum absolute atomic E-state index is 0.0804. The van der Waals surface area contributed by atoms with Gasteiger partial charge in [0.1, 0.15) is 5.82 Å². The average Bonchev–Trinajstić information content (AvgIpc) is 3.59. The van der Waals surface area contributed by atoms with Crippen molar-refractivity contribution in [3.63, 3.8) is 0 Å². The predicted molar refractivity (Wildman–Crippen MR) is 119 cm³/mol. The first-order valence-corrected chi connectivity index (χ1v) is 12.9. The van der Waals surface area contributed by atoms with Crippen LogP contribution in [0.4, 0.5) is 4.39 Å². The lowest BCUT2D eigenvalue weighted by molar-refractivity contribution is -0.151. The third-order valence-corrected chi connectivity index (χ3v) is 8.27. The topological polar surface area (TPSA) is 80.7 Å². The van der Waals surface area contributed by atoms with Crippen LogP contribution in [0.15, 0.2) is 47.4 Å².